The summed E-state index contributed by atoms with van der Waals surface area (Å²) in [7, 11) is 1.54. The first-order valence-corrected chi connectivity index (χ1v) is 8.80. The number of carbonyl (C=O) groups is 2. The van der Waals surface area contributed by atoms with E-state index in [-0.39, 0.29) is 17.6 Å². The molecule has 2 amide bonds. The van der Waals surface area contributed by atoms with Gasteiger partial charge in [0, 0.05) is 17.5 Å². The third-order valence-corrected chi connectivity index (χ3v) is 5.06. The molecule has 2 aromatic carbocycles. The minimum absolute atomic E-state index is 0.267. The number of anilines is 1. The summed E-state index contributed by atoms with van der Waals surface area (Å²) < 4.78 is 13.9. The number of carbonyl (C=O) groups excluding carboxylic acids is 2. The van der Waals surface area contributed by atoms with E-state index in [9.17, 15) is 14.0 Å². The van der Waals surface area contributed by atoms with Gasteiger partial charge in [-0.1, -0.05) is 30.3 Å². The molecular formula is C20H17FN2O2S. The van der Waals surface area contributed by atoms with Crippen LogP contribution in [0.3, 0.4) is 0 Å². The van der Waals surface area contributed by atoms with Crippen LogP contribution >= 0.6 is 11.3 Å². The third kappa shape index (κ3) is 3.50. The number of amides is 2. The minimum atomic E-state index is -0.339. The fourth-order valence-corrected chi connectivity index (χ4v) is 3.58. The molecule has 0 saturated heterocycles. The smallest absolute Gasteiger partial charge is 0.265 e. The van der Waals surface area contributed by atoms with Crippen LogP contribution in [0.15, 0.2) is 54.6 Å². The lowest BCUT2D eigenvalue weighted by atomic mass is 10.1. The van der Waals surface area contributed by atoms with Crippen molar-refractivity contribution in [3.63, 3.8) is 0 Å². The Labute approximate surface area is 154 Å². The first-order chi connectivity index (χ1) is 12.5. The van der Waals surface area contributed by atoms with E-state index in [1.165, 1.54) is 17.4 Å². The van der Waals surface area contributed by atoms with Crippen LogP contribution in [-0.4, -0.2) is 18.9 Å². The molecule has 3 aromatic rings. The summed E-state index contributed by atoms with van der Waals surface area (Å²) in [6, 6.07) is 15.1. The van der Waals surface area contributed by atoms with E-state index in [1.54, 1.807) is 49.5 Å². The zero-order valence-electron chi connectivity index (χ0n) is 14.3. The second-order valence-electron chi connectivity index (χ2n) is 5.67. The number of benzene rings is 2. The van der Waals surface area contributed by atoms with Crippen LogP contribution in [0.5, 0.6) is 0 Å². The van der Waals surface area contributed by atoms with Gasteiger partial charge in [0.2, 0.25) is 0 Å². The van der Waals surface area contributed by atoms with Crippen LogP contribution < -0.4 is 10.6 Å². The highest BCUT2D eigenvalue weighted by Crippen LogP contribution is 2.30. The van der Waals surface area contributed by atoms with Gasteiger partial charge in [-0.3, -0.25) is 9.59 Å². The first-order valence-electron chi connectivity index (χ1n) is 7.99. The molecule has 1 heterocycles. The van der Waals surface area contributed by atoms with E-state index < -0.39 is 0 Å². The largest absolute Gasteiger partial charge is 0.355 e. The molecule has 0 atom stereocenters. The van der Waals surface area contributed by atoms with Gasteiger partial charge in [0.1, 0.15) is 5.82 Å². The van der Waals surface area contributed by atoms with Gasteiger partial charge in [-0.05, 0) is 36.8 Å². The fraction of sp³-hybridized carbons (Fsp3) is 0.100. The molecule has 0 aliphatic carbocycles. The van der Waals surface area contributed by atoms with Crippen molar-refractivity contribution in [2.75, 3.05) is 12.4 Å². The number of nitrogens with one attached hydrogen (secondary N) is 2. The van der Waals surface area contributed by atoms with Crippen LogP contribution in [0, 0.1) is 12.7 Å². The average Bonchev–Trinajstić information content (AvgIpc) is 3.11. The van der Waals surface area contributed by atoms with Gasteiger partial charge in [0.25, 0.3) is 11.8 Å². The summed E-state index contributed by atoms with van der Waals surface area (Å²) in [6.45, 7) is 1.81. The lowest BCUT2D eigenvalue weighted by molar-refractivity contribution is 0.0963. The van der Waals surface area contributed by atoms with Crippen LogP contribution in [0.25, 0.3) is 10.4 Å². The van der Waals surface area contributed by atoms with E-state index in [0.717, 1.165) is 5.56 Å². The molecule has 132 valence electrons. The number of rotatable bonds is 4. The highest BCUT2D eigenvalue weighted by atomic mass is 32.1. The molecule has 0 bridgehead atoms. The number of hydrogen-bond donors (Lipinski definition) is 2. The number of aryl methyl sites for hydroxylation is 1. The molecule has 0 saturated carbocycles. The van der Waals surface area contributed by atoms with Crippen LogP contribution in [-0.2, 0) is 0 Å². The molecule has 1 aromatic heterocycles. The predicted octanol–water partition coefficient (Wildman–Crippen LogP) is 4.47. The maximum absolute atomic E-state index is 13.9. The van der Waals surface area contributed by atoms with Crippen molar-refractivity contribution in [1.82, 2.24) is 5.32 Å². The monoisotopic (exact) mass is 368 g/mol. The number of halogens is 1. The summed E-state index contributed by atoms with van der Waals surface area (Å²) in [5, 5.41) is 5.36. The maximum atomic E-state index is 13.9. The Morgan fingerprint density at radius 1 is 0.962 bits per heavy atom. The van der Waals surface area contributed by atoms with Gasteiger partial charge in [-0.25, -0.2) is 4.39 Å². The van der Waals surface area contributed by atoms with Gasteiger partial charge < -0.3 is 10.6 Å². The van der Waals surface area contributed by atoms with Gasteiger partial charge in [0.15, 0.2) is 0 Å². The van der Waals surface area contributed by atoms with E-state index in [2.05, 4.69) is 10.6 Å². The van der Waals surface area contributed by atoms with E-state index in [1.807, 2.05) is 13.0 Å². The maximum Gasteiger partial charge on any atom is 0.265 e. The predicted molar refractivity (Wildman–Crippen MR) is 102 cm³/mol. The summed E-state index contributed by atoms with van der Waals surface area (Å²) >= 11 is 1.20. The summed E-state index contributed by atoms with van der Waals surface area (Å²) in [5.74, 6) is -0.938. The molecule has 0 spiro atoms. The van der Waals surface area contributed by atoms with Gasteiger partial charge in [0.05, 0.1) is 16.1 Å². The number of hydrogen-bond acceptors (Lipinski definition) is 3. The van der Waals surface area contributed by atoms with Crippen molar-refractivity contribution < 1.29 is 14.0 Å². The third-order valence-electron chi connectivity index (χ3n) is 3.94. The normalized spacial score (nSPS) is 10.4. The summed E-state index contributed by atoms with van der Waals surface area (Å²) in [4.78, 5) is 25.8. The second-order valence-corrected chi connectivity index (χ2v) is 6.76. The molecule has 26 heavy (non-hydrogen) atoms. The molecule has 0 fully saturated rings. The topological polar surface area (TPSA) is 58.2 Å². The van der Waals surface area contributed by atoms with Gasteiger partial charge in [-0.2, -0.15) is 0 Å². The van der Waals surface area contributed by atoms with Crippen molar-refractivity contribution in [1.29, 1.82) is 0 Å². The lowest BCUT2D eigenvalue weighted by Gasteiger charge is -2.12. The van der Waals surface area contributed by atoms with E-state index >= 15 is 0 Å². The fourth-order valence-electron chi connectivity index (χ4n) is 2.65. The summed E-state index contributed by atoms with van der Waals surface area (Å²) in [6.07, 6.45) is 0. The minimum Gasteiger partial charge on any atom is -0.355 e. The Hall–Kier alpha value is -2.99. The Morgan fingerprint density at radius 3 is 2.46 bits per heavy atom. The lowest BCUT2D eigenvalue weighted by Crippen LogP contribution is -2.22. The Kier molecular flexibility index (Phi) is 5.14. The van der Waals surface area contributed by atoms with Gasteiger partial charge >= 0.3 is 0 Å². The van der Waals surface area contributed by atoms with Crippen molar-refractivity contribution in [2.45, 2.75) is 6.92 Å². The molecule has 0 unspecified atom stereocenters. The molecule has 6 heteroatoms. The van der Waals surface area contributed by atoms with E-state index in [0.29, 0.717) is 26.6 Å². The highest BCUT2D eigenvalue weighted by molar-refractivity contribution is 7.17. The number of thiophene rings is 1. The Bertz CT molecular complexity index is 981. The standard InChI is InChI=1S/C20H17FN2O2S/c1-12-6-5-9-15(18(12)20(25)22-2)23-19(24)17-11-10-16(26-17)13-7-3-4-8-14(13)21/h3-11H,1-2H3,(H,22,25)(H,23,24). The highest BCUT2D eigenvalue weighted by Gasteiger charge is 2.17. The van der Waals surface area contributed by atoms with Crippen LogP contribution in [0.2, 0.25) is 0 Å². The van der Waals surface area contributed by atoms with Crippen LogP contribution in [0.4, 0.5) is 10.1 Å². The summed E-state index contributed by atoms with van der Waals surface area (Å²) in [5.41, 5.74) is 2.09. The zero-order chi connectivity index (χ0) is 18.7. The Balaban J connectivity index is 1.88. The molecule has 2 N–H and O–H groups in total. The van der Waals surface area contributed by atoms with Crippen LogP contribution in [0.1, 0.15) is 25.6 Å². The molecule has 0 aliphatic rings. The van der Waals surface area contributed by atoms with Crippen molar-refractivity contribution in [2.24, 2.45) is 0 Å². The molecule has 4 nitrogen and oxygen atoms in total. The van der Waals surface area contributed by atoms with Crippen molar-refractivity contribution >= 4 is 28.8 Å². The molecule has 0 aliphatic heterocycles. The molecule has 3 rings (SSSR count). The quantitative estimate of drug-likeness (QED) is 0.714. The Morgan fingerprint density at radius 2 is 1.73 bits per heavy atom. The molecular weight excluding hydrogens is 351 g/mol. The SMILES string of the molecule is CNC(=O)c1c(C)cccc1NC(=O)c1ccc(-c2ccccc2F)s1. The van der Waals surface area contributed by atoms with E-state index in [4.69, 9.17) is 0 Å². The molecule has 0 radical (unpaired) electrons. The van der Waals surface area contributed by atoms with Crippen molar-refractivity contribution in [3.8, 4) is 10.4 Å². The van der Waals surface area contributed by atoms with Gasteiger partial charge in [-0.15, -0.1) is 11.3 Å². The van der Waals surface area contributed by atoms with Crippen molar-refractivity contribution in [3.05, 3.63) is 76.4 Å². The second kappa shape index (κ2) is 7.49. The zero-order valence-corrected chi connectivity index (χ0v) is 15.1. The first kappa shape index (κ1) is 17.8. The average molecular weight is 368 g/mol.